The lowest BCUT2D eigenvalue weighted by Crippen LogP contribution is -1.90. The van der Waals surface area contributed by atoms with Gasteiger partial charge >= 0.3 is 0 Å². The standard InChI is InChI=1S/C18H19ClN2/c19-15-11-12-16-17(13-15)21-18(20-16)10-6-2-5-9-14-7-3-1-4-8-14/h1,3-4,7-8,11-13H,2,5-6,9-10H2,(H,20,21). The van der Waals surface area contributed by atoms with Crippen LogP contribution < -0.4 is 0 Å². The Kier molecular flexibility index (Phi) is 4.56. The van der Waals surface area contributed by atoms with Crippen LogP contribution in [0.25, 0.3) is 11.0 Å². The van der Waals surface area contributed by atoms with Gasteiger partial charge in [-0.05, 0) is 43.0 Å². The number of nitrogens with one attached hydrogen (secondary N) is 1. The van der Waals surface area contributed by atoms with Crippen LogP contribution in [0.3, 0.4) is 0 Å². The molecule has 2 nitrogen and oxygen atoms in total. The maximum atomic E-state index is 5.98. The van der Waals surface area contributed by atoms with Crippen molar-refractivity contribution in [2.45, 2.75) is 32.1 Å². The summed E-state index contributed by atoms with van der Waals surface area (Å²) in [4.78, 5) is 7.94. The monoisotopic (exact) mass is 298 g/mol. The van der Waals surface area contributed by atoms with Crippen LogP contribution in [0.4, 0.5) is 0 Å². The van der Waals surface area contributed by atoms with E-state index in [1.807, 2.05) is 18.2 Å². The van der Waals surface area contributed by atoms with E-state index in [1.54, 1.807) is 0 Å². The van der Waals surface area contributed by atoms with E-state index >= 15 is 0 Å². The lowest BCUT2D eigenvalue weighted by molar-refractivity contribution is 0.666. The molecular weight excluding hydrogens is 280 g/mol. The minimum atomic E-state index is 0.751. The molecule has 0 radical (unpaired) electrons. The predicted octanol–water partition coefficient (Wildman–Crippen LogP) is 5.17. The van der Waals surface area contributed by atoms with Crippen molar-refractivity contribution in [3.8, 4) is 0 Å². The number of aryl methyl sites for hydroxylation is 2. The summed E-state index contributed by atoms with van der Waals surface area (Å²) in [5.74, 6) is 1.06. The minimum absolute atomic E-state index is 0.751. The molecule has 2 aromatic carbocycles. The summed E-state index contributed by atoms with van der Waals surface area (Å²) in [6.45, 7) is 0. The first kappa shape index (κ1) is 14.2. The van der Waals surface area contributed by atoms with Crippen LogP contribution in [0.5, 0.6) is 0 Å². The van der Waals surface area contributed by atoms with Crippen molar-refractivity contribution in [3.05, 3.63) is 64.9 Å². The number of imidazole rings is 1. The van der Waals surface area contributed by atoms with Gasteiger partial charge in [0.25, 0.3) is 0 Å². The number of fused-ring (bicyclic) bond motifs is 1. The number of hydrogen-bond donors (Lipinski definition) is 1. The van der Waals surface area contributed by atoms with Crippen molar-refractivity contribution < 1.29 is 0 Å². The summed E-state index contributed by atoms with van der Waals surface area (Å²) < 4.78 is 0. The molecule has 3 heteroatoms. The van der Waals surface area contributed by atoms with Gasteiger partial charge in [-0.15, -0.1) is 0 Å². The molecule has 1 aromatic heterocycles. The molecule has 3 aromatic rings. The van der Waals surface area contributed by atoms with Crippen LogP contribution in [0, 0.1) is 0 Å². The number of aromatic amines is 1. The highest BCUT2D eigenvalue weighted by Gasteiger charge is 2.03. The summed E-state index contributed by atoms with van der Waals surface area (Å²) in [6.07, 6.45) is 5.79. The Morgan fingerprint density at radius 1 is 0.905 bits per heavy atom. The molecule has 0 atom stereocenters. The molecule has 0 aliphatic rings. The largest absolute Gasteiger partial charge is 0.342 e. The number of aromatic nitrogens is 2. The highest BCUT2D eigenvalue weighted by Crippen LogP contribution is 2.18. The van der Waals surface area contributed by atoms with E-state index < -0.39 is 0 Å². The van der Waals surface area contributed by atoms with E-state index in [4.69, 9.17) is 11.6 Å². The van der Waals surface area contributed by atoms with Crippen LogP contribution in [0.15, 0.2) is 48.5 Å². The fourth-order valence-electron chi connectivity index (χ4n) is 2.60. The van der Waals surface area contributed by atoms with Gasteiger partial charge in [-0.3, -0.25) is 0 Å². The minimum Gasteiger partial charge on any atom is -0.342 e. The van der Waals surface area contributed by atoms with Crippen molar-refractivity contribution in [1.82, 2.24) is 9.97 Å². The van der Waals surface area contributed by atoms with Gasteiger partial charge in [-0.2, -0.15) is 0 Å². The second-order valence-corrected chi connectivity index (χ2v) is 5.83. The van der Waals surface area contributed by atoms with Crippen LogP contribution >= 0.6 is 11.6 Å². The first-order valence-corrected chi connectivity index (χ1v) is 7.87. The molecule has 0 amide bonds. The van der Waals surface area contributed by atoms with Crippen LogP contribution in [-0.4, -0.2) is 9.97 Å². The first-order valence-electron chi connectivity index (χ1n) is 7.49. The summed E-state index contributed by atoms with van der Waals surface area (Å²) in [7, 11) is 0. The maximum Gasteiger partial charge on any atom is 0.107 e. The number of rotatable bonds is 6. The number of nitrogens with zero attached hydrogens (tertiary/aromatic N) is 1. The summed E-state index contributed by atoms with van der Waals surface area (Å²) in [5, 5.41) is 0.751. The number of halogens is 1. The van der Waals surface area contributed by atoms with E-state index in [0.29, 0.717) is 0 Å². The maximum absolute atomic E-state index is 5.98. The Balaban J connectivity index is 1.46. The zero-order valence-corrected chi connectivity index (χ0v) is 12.7. The van der Waals surface area contributed by atoms with Crippen LogP contribution in [-0.2, 0) is 12.8 Å². The van der Waals surface area contributed by atoms with Crippen LogP contribution in [0.1, 0.15) is 30.7 Å². The molecule has 0 bridgehead atoms. The quantitative estimate of drug-likeness (QED) is 0.625. The molecule has 1 heterocycles. The molecule has 3 rings (SSSR count). The highest BCUT2D eigenvalue weighted by molar-refractivity contribution is 6.31. The molecule has 0 aliphatic heterocycles. The third kappa shape index (κ3) is 3.85. The molecular formula is C18H19ClN2. The molecule has 108 valence electrons. The summed E-state index contributed by atoms with van der Waals surface area (Å²) in [5.41, 5.74) is 3.45. The fraction of sp³-hybridized carbons (Fsp3) is 0.278. The van der Waals surface area contributed by atoms with Gasteiger partial charge in [0.05, 0.1) is 11.0 Å². The van der Waals surface area contributed by atoms with E-state index in [-0.39, 0.29) is 0 Å². The average molecular weight is 299 g/mol. The molecule has 21 heavy (non-hydrogen) atoms. The van der Waals surface area contributed by atoms with Gasteiger partial charge in [0.1, 0.15) is 5.82 Å². The van der Waals surface area contributed by atoms with Gasteiger partial charge in [-0.1, -0.05) is 48.4 Å². The lowest BCUT2D eigenvalue weighted by Gasteiger charge is -2.00. The van der Waals surface area contributed by atoms with Gasteiger partial charge in [0.15, 0.2) is 0 Å². The van der Waals surface area contributed by atoms with Crippen molar-refractivity contribution in [1.29, 1.82) is 0 Å². The van der Waals surface area contributed by atoms with Crippen molar-refractivity contribution in [2.75, 3.05) is 0 Å². The number of unbranched alkanes of at least 4 members (excludes halogenated alkanes) is 2. The molecule has 0 spiro atoms. The van der Waals surface area contributed by atoms with Crippen molar-refractivity contribution in [2.24, 2.45) is 0 Å². The number of H-pyrrole nitrogens is 1. The zero-order chi connectivity index (χ0) is 14.5. The smallest absolute Gasteiger partial charge is 0.107 e. The normalized spacial score (nSPS) is 11.1. The number of benzene rings is 2. The van der Waals surface area contributed by atoms with Crippen molar-refractivity contribution in [3.63, 3.8) is 0 Å². The van der Waals surface area contributed by atoms with E-state index in [0.717, 1.165) is 34.7 Å². The van der Waals surface area contributed by atoms with E-state index in [1.165, 1.54) is 24.8 Å². The number of hydrogen-bond acceptors (Lipinski definition) is 1. The second-order valence-electron chi connectivity index (χ2n) is 5.39. The topological polar surface area (TPSA) is 28.7 Å². The molecule has 1 N–H and O–H groups in total. The average Bonchev–Trinajstić information content (AvgIpc) is 2.90. The third-order valence-corrected chi connectivity index (χ3v) is 3.95. The predicted molar refractivity (Wildman–Crippen MR) is 88.8 cm³/mol. The second kappa shape index (κ2) is 6.77. The van der Waals surface area contributed by atoms with Gasteiger partial charge in [0, 0.05) is 11.4 Å². The fourth-order valence-corrected chi connectivity index (χ4v) is 2.77. The Morgan fingerprint density at radius 3 is 2.57 bits per heavy atom. The summed E-state index contributed by atoms with van der Waals surface area (Å²) >= 11 is 5.98. The van der Waals surface area contributed by atoms with Gasteiger partial charge in [0.2, 0.25) is 0 Å². The first-order chi connectivity index (χ1) is 10.3. The van der Waals surface area contributed by atoms with Gasteiger partial charge in [-0.25, -0.2) is 4.98 Å². The molecule has 0 fully saturated rings. The van der Waals surface area contributed by atoms with E-state index in [9.17, 15) is 0 Å². The molecule has 0 saturated heterocycles. The van der Waals surface area contributed by atoms with Crippen LogP contribution in [0.2, 0.25) is 5.02 Å². The SMILES string of the molecule is Clc1ccc2nc(CCCCCc3ccccc3)[nH]c2c1. The van der Waals surface area contributed by atoms with Crippen molar-refractivity contribution >= 4 is 22.6 Å². The Bertz CT molecular complexity index is 704. The highest BCUT2D eigenvalue weighted by atomic mass is 35.5. The Morgan fingerprint density at radius 2 is 1.71 bits per heavy atom. The van der Waals surface area contributed by atoms with E-state index in [2.05, 4.69) is 40.3 Å². The molecule has 0 unspecified atom stereocenters. The Labute approximate surface area is 130 Å². The third-order valence-electron chi connectivity index (χ3n) is 3.71. The Hall–Kier alpha value is -1.80. The zero-order valence-electron chi connectivity index (χ0n) is 12.0. The van der Waals surface area contributed by atoms with Gasteiger partial charge < -0.3 is 4.98 Å². The summed E-state index contributed by atoms with van der Waals surface area (Å²) in [6, 6.07) is 16.5. The molecule has 0 aliphatic carbocycles. The molecule has 0 saturated carbocycles. The lowest BCUT2D eigenvalue weighted by atomic mass is 10.1.